The summed E-state index contributed by atoms with van der Waals surface area (Å²) in [6, 6.07) is 5.17. The summed E-state index contributed by atoms with van der Waals surface area (Å²) >= 11 is 0. The number of imidazole rings is 1. The first-order valence-electron chi connectivity index (χ1n) is 7.32. The zero-order valence-corrected chi connectivity index (χ0v) is 12.8. The second-order valence-corrected chi connectivity index (χ2v) is 5.08. The van der Waals surface area contributed by atoms with E-state index in [0.717, 1.165) is 12.1 Å². The van der Waals surface area contributed by atoms with Crippen LogP contribution in [0.2, 0.25) is 0 Å². The van der Waals surface area contributed by atoms with Crippen LogP contribution < -0.4 is 10.6 Å². The largest absolute Gasteiger partial charge is 0.416 e. The van der Waals surface area contributed by atoms with E-state index in [1.165, 1.54) is 12.4 Å². The Hall–Kier alpha value is -2.84. The van der Waals surface area contributed by atoms with E-state index in [0.29, 0.717) is 35.0 Å². The number of aromatic nitrogens is 4. The van der Waals surface area contributed by atoms with Crippen molar-refractivity contribution in [3.05, 3.63) is 41.7 Å². The first-order chi connectivity index (χ1) is 11.5. The highest BCUT2D eigenvalue weighted by Crippen LogP contribution is 2.29. The molecule has 6 nitrogen and oxygen atoms in total. The fourth-order valence-electron chi connectivity index (χ4n) is 2.24. The van der Waals surface area contributed by atoms with E-state index in [1.54, 1.807) is 6.07 Å². The van der Waals surface area contributed by atoms with Crippen LogP contribution in [0.3, 0.4) is 0 Å². The van der Waals surface area contributed by atoms with Gasteiger partial charge in [0.1, 0.15) is 5.52 Å². The number of benzene rings is 1. The fraction of sp³-hybridized carbons (Fsp3) is 0.267. The van der Waals surface area contributed by atoms with Crippen LogP contribution in [0.4, 0.5) is 24.9 Å². The van der Waals surface area contributed by atoms with Gasteiger partial charge in [-0.15, -0.1) is 0 Å². The molecule has 0 saturated heterocycles. The third kappa shape index (κ3) is 3.39. The van der Waals surface area contributed by atoms with Crippen molar-refractivity contribution in [1.82, 2.24) is 19.9 Å². The maximum Gasteiger partial charge on any atom is 0.416 e. The molecule has 0 saturated carbocycles. The molecule has 0 amide bonds. The highest BCUT2D eigenvalue weighted by molar-refractivity contribution is 5.83. The zero-order chi connectivity index (χ0) is 17.2. The van der Waals surface area contributed by atoms with Gasteiger partial charge in [-0.2, -0.15) is 23.1 Å². The topological polar surface area (TPSA) is 78.5 Å². The number of rotatable bonds is 5. The van der Waals surface area contributed by atoms with Crippen LogP contribution in [-0.4, -0.2) is 26.5 Å². The Morgan fingerprint density at radius 2 is 2.00 bits per heavy atom. The minimum atomic E-state index is -4.36. The molecule has 2 heterocycles. The number of H-pyrrole nitrogens is 1. The summed E-state index contributed by atoms with van der Waals surface area (Å²) in [5.41, 5.74) is 0.904. The third-order valence-corrected chi connectivity index (χ3v) is 3.33. The van der Waals surface area contributed by atoms with E-state index in [4.69, 9.17) is 0 Å². The Bertz CT molecular complexity index is 843. The molecule has 9 heteroatoms. The normalized spacial score (nSPS) is 11.7. The molecule has 0 spiro atoms. The molecule has 0 aliphatic heterocycles. The number of nitrogens with zero attached hydrogens (tertiary/aromatic N) is 3. The lowest BCUT2D eigenvalue weighted by Gasteiger charge is -2.11. The number of alkyl halides is 3. The number of hydrogen-bond acceptors (Lipinski definition) is 5. The molecular formula is C15H15F3N6. The molecule has 0 unspecified atom stereocenters. The minimum Gasteiger partial charge on any atom is -0.364 e. The van der Waals surface area contributed by atoms with Gasteiger partial charge < -0.3 is 15.6 Å². The lowest BCUT2D eigenvalue weighted by molar-refractivity contribution is -0.137. The highest BCUT2D eigenvalue weighted by atomic mass is 19.4. The summed E-state index contributed by atoms with van der Waals surface area (Å²) in [6.07, 6.45) is -2.87. The molecule has 1 aromatic carbocycles. The first kappa shape index (κ1) is 16.0. The average molecular weight is 336 g/mol. The fourth-order valence-corrected chi connectivity index (χ4v) is 2.24. The SMILES string of the molecule is CCNc1nc(NCc2cccc(C(F)(F)F)c2)c2[nH]cnc2n1. The summed E-state index contributed by atoms with van der Waals surface area (Å²) < 4.78 is 38.3. The van der Waals surface area contributed by atoms with Gasteiger partial charge in [0.2, 0.25) is 5.95 Å². The summed E-state index contributed by atoms with van der Waals surface area (Å²) in [6.45, 7) is 2.75. The summed E-state index contributed by atoms with van der Waals surface area (Å²) in [5.74, 6) is 0.884. The second kappa shape index (κ2) is 6.34. The van der Waals surface area contributed by atoms with E-state index in [-0.39, 0.29) is 6.54 Å². The molecule has 3 rings (SSSR count). The Balaban J connectivity index is 1.84. The van der Waals surface area contributed by atoms with E-state index in [2.05, 4.69) is 30.6 Å². The van der Waals surface area contributed by atoms with Gasteiger partial charge in [0, 0.05) is 13.1 Å². The predicted octanol–water partition coefficient (Wildman–Crippen LogP) is 3.42. The smallest absolute Gasteiger partial charge is 0.364 e. The molecule has 3 N–H and O–H groups in total. The molecule has 0 atom stereocenters. The van der Waals surface area contributed by atoms with Crippen LogP contribution in [0.25, 0.3) is 11.2 Å². The number of fused-ring (bicyclic) bond motifs is 1. The molecule has 3 aromatic rings. The van der Waals surface area contributed by atoms with Gasteiger partial charge in [0.25, 0.3) is 0 Å². The summed E-state index contributed by atoms with van der Waals surface area (Å²) in [5, 5.41) is 6.03. The molecule has 126 valence electrons. The lowest BCUT2D eigenvalue weighted by Crippen LogP contribution is -2.09. The maximum absolute atomic E-state index is 12.8. The number of hydrogen-bond donors (Lipinski definition) is 3. The quantitative estimate of drug-likeness (QED) is 0.665. The van der Waals surface area contributed by atoms with Crippen LogP contribution in [0.1, 0.15) is 18.1 Å². The standard InChI is InChI=1S/C15H15F3N6/c1-2-19-14-23-12(11-13(24-14)22-8-21-11)20-7-9-4-3-5-10(6-9)15(16,17)18/h3-6,8H,2,7H2,1H3,(H3,19,20,21,22,23,24). The van der Waals surface area contributed by atoms with Crippen LogP contribution in [0, 0.1) is 0 Å². The van der Waals surface area contributed by atoms with Gasteiger partial charge in [-0.3, -0.25) is 0 Å². The Morgan fingerprint density at radius 1 is 1.17 bits per heavy atom. The number of anilines is 2. The molecule has 2 aromatic heterocycles. The van der Waals surface area contributed by atoms with Crippen LogP contribution in [0.5, 0.6) is 0 Å². The molecule has 0 aliphatic carbocycles. The van der Waals surface area contributed by atoms with Crippen LogP contribution in [-0.2, 0) is 12.7 Å². The summed E-state index contributed by atoms with van der Waals surface area (Å²) in [7, 11) is 0. The predicted molar refractivity (Wildman–Crippen MR) is 84.6 cm³/mol. The van der Waals surface area contributed by atoms with Crippen molar-refractivity contribution in [1.29, 1.82) is 0 Å². The second-order valence-electron chi connectivity index (χ2n) is 5.08. The van der Waals surface area contributed by atoms with Gasteiger partial charge in [-0.25, -0.2) is 4.98 Å². The van der Waals surface area contributed by atoms with E-state index < -0.39 is 11.7 Å². The van der Waals surface area contributed by atoms with Gasteiger partial charge in [0.05, 0.1) is 11.9 Å². The Morgan fingerprint density at radius 3 is 2.75 bits per heavy atom. The maximum atomic E-state index is 12.8. The van der Waals surface area contributed by atoms with E-state index in [9.17, 15) is 13.2 Å². The van der Waals surface area contributed by atoms with Crippen molar-refractivity contribution in [3.63, 3.8) is 0 Å². The molecule has 24 heavy (non-hydrogen) atoms. The Labute approximate surface area is 135 Å². The van der Waals surface area contributed by atoms with Gasteiger partial charge >= 0.3 is 6.18 Å². The highest BCUT2D eigenvalue weighted by Gasteiger charge is 2.30. The number of nitrogens with one attached hydrogen (secondary N) is 3. The van der Waals surface area contributed by atoms with E-state index in [1.807, 2.05) is 6.92 Å². The molecular weight excluding hydrogens is 321 g/mol. The third-order valence-electron chi connectivity index (χ3n) is 3.33. The summed E-state index contributed by atoms with van der Waals surface area (Å²) in [4.78, 5) is 15.6. The van der Waals surface area contributed by atoms with Gasteiger partial charge in [-0.1, -0.05) is 12.1 Å². The Kier molecular flexibility index (Phi) is 4.24. The van der Waals surface area contributed by atoms with Crippen molar-refractivity contribution in [2.24, 2.45) is 0 Å². The molecule has 0 bridgehead atoms. The van der Waals surface area contributed by atoms with Crippen molar-refractivity contribution in [2.45, 2.75) is 19.6 Å². The van der Waals surface area contributed by atoms with Crippen molar-refractivity contribution < 1.29 is 13.2 Å². The van der Waals surface area contributed by atoms with Crippen molar-refractivity contribution in [3.8, 4) is 0 Å². The van der Waals surface area contributed by atoms with Crippen LogP contribution in [0.15, 0.2) is 30.6 Å². The number of aromatic amines is 1. The van der Waals surface area contributed by atoms with Gasteiger partial charge in [-0.05, 0) is 24.6 Å². The van der Waals surface area contributed by atoms with Gasteiger partial charge in [0.15, 0.2) is 11.5 Å². The molecule has 0 aliphatic rings. The first-order valence-corrected chi connectivity index (χ1v) is 7.32. The number of halogens is 3. The average Bonchev–Trinajstić information content (AvgIpc) is 3.01. The molecule has 0 radical (unpaired) electrons. The zero-order valence-electron chi connectivity index (χ0n) is 12.8. The monoisotopic (exact) mass is 336 g/mol. The molecule has 0 fully saturated rings. The lowest BCUT2D eigenvalue weighted by atomic mass is 10.1. The van der Waals surface area contributed by atoms with Crippen molar-refractivity contribution in [2.75, 3.05) is 17.2 Å². The van der Waals surface area contributed by atoms with Crippen molar-refractivity contribution >= 4 is 22.9 Å². The van der Waals surface area contributed by atoms with E-state index >= 15 is 0 Å². The minimum absolute atomic E-state index is 0.195. The van der Waals surface area contributed by atoms with Crippen LogP contribution >= 0.6 is 0 Å².